The molecule has 0 saturated heterocycles. The van der Waals surface area contributed by atoms with E-state index in [0.717, 1.165) is 0 Å². The van der Waals surface area contributed by atoms with Gasteiger partial charge in [-0.3, -0.25) is 9.78 Å². The molecular weight excluding hydrogens is 235 g/mol. The molecule has 0 fully saturated rings. The zero-order chi connectivity index (χ0) is 13.1. The average Bonchev–Trinajstić information content (AvgIpc) is 2.14. The molecule has 1 amide bonds. The molecule has 0 aliphatic rings. The van der Waals surface area contributed by atoms with E-state index in [-0.39, 0.29) is 11.3 Å². The number of halogens is 3. The van der Waals surface area contributed by atoms with Crippen LogP contribution in [0.4, 0.5) is 18.9 Å². The van der Waals surface area contributed by atoms with Gasteiger partial charge in [0, 0.05) is 24.1 Å². The maximum Gasteiger partial charge on any atom is 0.391 e. The van der Waals surface area contributed by atoms with Crippen molar-refractivity contribution in [3.05, 3.63) is 24.0 Å². The molecule has 0 radical (unpaired) electrons. The largest absolute Gasteiger partial charge is 0.398 e. The fraction of sp³-hybridized carbons (Fsp3) is 0.400. The maximum atomic E-state index is 12.0. The number of nitrogens with two attached hydrogens (primary N) is 1. The molecule has 0 saturated carbocycles. The first kappa shape index (κ1) is 13.3. The van der Waals surface area contributed by atoms with Gasteiger partial charge in [0.25, 0.3) is 5.91 Å². The minimum Gasteiger partial charge on any atom is -0.398 e. The first-order valence-electron chi connectivity index (χ1n) is 4.86. The lowest BCUT2D eigenvalue weighted by Gasteiger charge is -2.16. The minimum absolute atomic E-state index is 0.0709. The van der Waals surface area contributed by atoms with Gasteiger partial charge in [0.2, 0.25) is 0 Å². The van der Waals surface area contributed by atoms with Gasteiger partial charge >= 0.3 is 6.18 Å². The number of aromatic nitrogens is 1. The summed E-state index contributed by atoms with van der Waals surface area (Å²) in [6.45, 7) is 1.28. The van der Waals surface area contributed by atoms with E-state index >= 15 is 0 Å². The van der Waals surface area contributed by atoms with Crippen molar-refractivity contribution >= 4 is 11.6 Å². The zero-order valence-electron chi connectivity index (χ0n) is 9.08. The second-order valence-electron chi connectivity index (χ2n) is 3.66. The van der Waals surface area contributed by atoms with Gasteiger partial charge in [0.15, 0.2) is 0 Å². The topological polar surface area (TPSA) is 68.0 Å². The van der Waals surface area contributed by atoms with Gasteiger partial charge in [-0.25, -0.2) is 0 Å². The second-order valence-corrected chi connectivity index (χ2v) is 3.66. The molecule has 17 heavy (non-hydrogen) atoms. The van der Waals surface area contributed by atoms with Gasteiger partial charge in [0.05, 0.1) is 12.0 Å². The lowest BCUT2D eigenvalue weighted by molar-refractivity contribution is -0.138. The summed E-state index contributed by atoms with van der Waals surface area (Å²) in [6, 6.07) is 0.394. The van der Waals surface area contributed by atoms with Crippen LogP contribution in [-0.2, 0) is 0 Å². The Hall–Kier alpha value is -1.79. The van der Waals surface area contributed by atoms with Crippen LogP contribution in [0.5, 0.6) is 0 Å². The van der Waals surface area contributed by atoms with Crippen LogP contribution >= 0.6 is 0 Å². The zero-order valence-corrected chi connectivity index (χ0v) is 9.08. The Morgan fingerprint density at radius 3 is 2.76 bits per heavy atom. The van der Waals surface area contributed by atoms with E-state index in [1.165, 1.54) is 25.4 Å². The van der Waals surface area contributed by atoms with Crippen molar-refractivity contribution in [2.24, 2.45) is 0 Å². The Bertz CT molecular complexity index is 406. The third-order valence-corrected chi connectivity index (χ3v) is 2.01. The molecule has 0 aliphatic heterocycles. The molecule has 1 unspecified atom stereocenters. The molecule has 94 valence electrons. The molecule has 1 aromatic heterocycles. The quantitative estimate of drug-likeness (QED) is 0.854. The van der Waals surface area contributed by atoms with Crippen LogP contribution in [0.2, 0.25) is 0 Å². The van der Waals surface area contributed by atoms with E-state index in [4.69, 9.17) is 5.73 Å². The van der Waals surface area contributed by atoms with Crippen molar-refractivity contribution < 1.29 is 18.0 Å². The Balaban J connectivity index is 2.64. The number of anilines is 1. The van der Waals surface area contributed by atoms with Crippen LogP contribution < -0.4 is 11.1 Å². The van der Waals surface area contributed by atoms with E-state index in [1.54, 1.807) is 0 Å². The Kier molecular flexibility index (Phi) is 3.93. The van der Waals surface area contributed by atoms with Crippen molar-refractivity contribution in [3.63, 3.8) is 0 Å². The van der Waals surface area contributed by atoms with Crippen molar-refractivity contribution in [2.45, 2.75) is 25.6 Å². The van der Waals surface area contributed by atoms with Crippen LogP contribution in [0.1, 0.15) is 23.7 Å². The van der Waals surface area contributed by atoms with Crippen LogP contribution in [0.15, 0.2) is 18.5 Å². The Morgan fingerprint density at radius 1 is 1.59 bits per heavy atom. The first-order valence-corrected chi connectivity index (χ1v) is 4.86. The van der Waals surface area contributed by atoms with Crippen molar-refractivity contribution in [1.82, 2.24) is 10.3 Å². The Morgan fingerprint density at radius 2 is 2.24 bits per heavy atom. The molecule has 0 aromatic carbocycles. The monoisotopic (exact) mass is 247 g/mol. The molecular formula is C10H12F3N3O. The third-order valence-electron chi connectivity index (χ3n) is 2.01. The van der Waals surface area contributed by atoms with Crippen LogP contribution in [0.25, 0.3) is 0 Å². The highest BCUT2D eigenvalue weighted by molar-refractivity contribution is 5.98. The summed E-state index contributed by atoms with van der Waals surface area (Å²) in [5, 5.41) is 2.21. The van der Waals surface area contributed by atoms with E-state index in [1.807, 2.05) is 0 Å². The SMILES string of the molecule is CC(CC(F)(F)F)NC(=O)c1cnccc1N. The minimum atomic E-state index is -4.31. The number of pyridine rings is 1. The molecule has 4 nitrogen and oxygen atoms in total. The summed E-state index contributed by atoms with van der Waals surface area (Å²) >= 11 is 0. The number of nitrogen functional groups attached to an aromatic ring is 1. The van der Waals surface area contributed by atoms with Crippen LogP contribution in [-0.4, -0.2) is 23.1 Å². The molecule has 1 heterocycles. The highest BCUT2D eigenvalue weighted by Gasteiger charge is 2.30. The number of nitrogens with one attached hydrogen (secondary N) is 1. The van der Waals surface area contributed by atoms with Crippen LogP contribution in [0, 0.1) is 0 Å². The second kappa shape index (κ2) is 5.03. The van der Waals surface area contributed by atoms with Crippen LogP contribution in [0.3, 0.4) is 0 Å². The molecule has 0 spiro atoms. The molecule has 0 bridgehead atoms. The summed E-state index contributed by atoms with van der Waals surface area (Å²) in [7, 11) is 0. The van der Waals surface area contributed by atoms with Gasteiger partial charge < -0.3 is 11.1 Å². The normalized spacial score (nSPS) is 13.2. The summed E-state index contributed by atoms with van der Waals surface area (Å²) in [4.78, 5) is 15.2. The van der Waals surface area contributed by atoms with Gasteiger partial charge in [-0.15, -0.1) is 0 Å². The van der Waals surface area contributed by atoms with Gasteiger partial charge in [-0.1, -0.05) is 0 Å². The molecule has 1 atom stereocenters. The lowest BCUT2D eigenvalue weighted by Crippen LogP contribution is -2.36. The molecule has 1 rings (SSSR count). The number of carbonyl (C=O) groups is 1. The van der Waals surface area contributed by atoms with Crippen molar-refractivity contribution in [1.29, 1.82) is 0 Å². The first-order chi connectivity index (χ1) is 7.79. The lowest BCUT2D eigenvalue weighted by atomic mass is 10.2. The predicted octanol–water partition coefficient (Wildman–Crippen LogP) is 1.73. The highest BCUT2D eigenvalue weighted by atomic mass is 19.4. The number of hydrogen-bond acceptors (Lipinski definition) is 3. The van der Waals surface area contributed by atoms with Gasteiger partial charge in [-0.05, 0) is 13.0 Å². The van der Waals surface area contributed by atoms with E-state index in [2.05, 4.69) is 10.3 Å². The third kappa shape index (κ3) is 4.29. The number of rotatable bonds is 3. The van der Waals surface area contributed by atoms with Gasteiger partial charge in [0.1, 0.15) is 0 Å². The highest BCUT2D eigenvalue weighted by Crippen LogP contribution is 2.21. The molecule has 1 aromatic rings. The van der Waals surface area contributed by atoms with Crippen molar-refractivity contribution in [3.8, 4) is 0 Å². The fourth-order valence-electron chi connectivity index (χ4n) is 1.29. The van der Waals surface area contributed by atoms with Gasteiger partial charge in [-0.2, -0.15) is 13.2 Å². The summed E-state index contributed by atoms with van der Waals surface area (Å²) < 4.78 is 36.1. The summed E-state index contributed by atoms with van der Waals surface area (Å²) in [5.41, 5.74) is 5.75. The van der Waals surface area contributed by atoms with Crippen molar-refractivity contribution in [2.75, 3.05) is 5.73 Å². The number of hydrogen-bond donors (Lipinski definition) is 2. The number of alkyl halides is 3. The molecule has 3 N–H and O–H groups in total. The molecule has 0 aliphatic carbocycles. The predicted molar refractivity (Wildman–Crippen MR) is 56.2 cm³/mol. The average molecular weight is 247 g/mol. The number of amides is 1. The van der Waals surface area contributed by atoms with E-state index in [9.17, 15) is 18.0 Å². The van der Waals surface area contributed by atoms with E-state index < -0.39 is 24.5 Å². The molecule has 7 heteroatoms. The standard InChI is InChI=1S/C10H12F3N3O/c1-6(4-10(11,12)13)16-9(17)7-5-15-3-2-8(7)14/h2-3,5-6H,4H2,1H3,(H2,14,15)(H,16,17). The number of carbonyl (C=O) groups excluding carboxylic acids is 1. The smallest absolute Gasteiger partial charge is 0.391 e. The van der Waals surface area contributed by atoms with E-state index in [0.29, 0.717) is 0 Å². The fourth-order valence-corrected chi connectivity index (χ4v) is 1.29. The summed E-state index contributed by atoms with van der Waals surface area (Å²) in [5.74, 6) is -0.660. The summed E-state index contributed by atoms with van der Waals surface area (Å²) in [6.07, 6.45) is -2.79. The Labute approximate surface area is 96.0 Å². The number of nitrogens with zero attached hydrogens (tertiary/aromatic N) is 1. The maximum absolute atomic E-state index is 12.0.